The maximum absolute atomic E-state index is 12.2. The Morgan fingerprint density at radius 1 is 1.21 bits per heavy atom. The second-order valence-corrected chi connectivity index (χ2v) is 4.50. The van der Waals surface area contributed by atoms with Crippen LogP contribution in [0.4, 0.5) is 5.69 Å². The number of hydrogen-bond acceptors (Lipinski definition) is 3. The molecule has 5 nitrogen and oxygen atoms in total. The van der Waals surface area contributed by atoms with Gasteiger partial charge in [-0.2, -0.15) is 0 Å². The summed E-state index contributed by atoms with van der Waals surface area (Å²) in [5, 5.41) is 4.30. The molecule has 3 rings (SSSR count). The highest BCUT2D eigenvalue weighted by atomic mass is 16.2. The normalized spacial score (nSPS) is 11.0. The molecular weight excluding hydrogens is 240 g/mol. The van der Waals surface area contributed by atoms with Crippen LogP contribution in [0.1, 0.15) is 11.1 Å². The van der Waals surface area contributed by atoms with Gasteiger partial charge in [-0.25, -0.2) is 9.48 Å². The van der Waals surface area contributed by atoms with Crippen LogP contribution in [0, 0.1) is 6.92 Å². The van der Waals surface area contributed by atoms with Gasteiger partial charge in [0.1, 0.15) is 0 Å². The summed E-state index contributed by atoms with van der Waals surface area (Å²) in [6, 6.07) is 11.2. The van der Waals surface area contributed by atoms with Gasteiger partial charge in [0.2, 0.25) is 0 Å². The van der Waals surface area contributed by atoms with Crippen LogP contribution in [-0.4, -0.2) is 14.2 Å². The van der Waals surface area contributed by atoms with Crippen LogP contribution in [0.5, 0.6) is 0 Å². The van der Waals surface area contributed by atoms with E-state index in [2.05, 4.69) is 5.10 Å². The topological polar surface area (TPSA) is 65.3 Å². The van der Waals surface area contributed by atoms with E-state index in [1.165, 1.54) is 9.08 Å². The monoisotopic (exact) mass is 254 g/mol. The van der Waals surface area contributed by atoms with E-state index in [0.717, 1.165) is 16.8 Å². The highest BCUT2D eigenvalue weighted by Gasteiger charge is 2.08. The molecule has 19 heavy (non-hydrogen) atoms. The molecule has 0 saturated heterocycles. The van der Waals surface area contributed by atoms with Gasteiger partial charge in [-0.3, -0.25) is 4.40 Å². The Morgan fingerprint density at radius 3 is 2.84 bits per heavy atom. The van der Waals surface area contributed by atoms with Crippen molar-refractivity contribution in [1.29, 1.82) is 0 Å². The summed E-state index contributed by atoms with van der Waals surface area (Å²) in [5.41, 5.74) is 9.11. The number of aromatic nitrogens is 3. The Kier molecular flexibility index (Phi) is 2.59. The van der Waals surface area contributed by atoms with Crippen molar-refractivity contribution in [3.05, 3.63) is 64.2 Å². The van der Waals surface area contributed by atoms with E-state index in [9.17, 15) is 4.79 Å². The molecule has 2 aromatic heterocycles. The van der Waals surface area contributed by atoms with Gasteiger partial charge in [0.15, 0.2) is 5.65 Å². The van der Waals surface area contributed by atoms with E-state index in [-0.39, 0.29) is 5.69 Å². The molecule has 0 aliphatic rings. The van der Waals surface area contributed by atoms with Crippen molar-refractivity contribution in [2.24, 2.45) is 0 Å². The fraction of sp³-hybridized carbons (Fsp3) is 0.143. The molecule has 2 heterocycles. The molecule has 0 amide bonds. The Labute approximate surface area is 109 Å². The van der Waals surface area contributed by atoms with E-state index >= 15 is 0 Å². The van der Waals surface area contributed by atoms with Gasteiger partial charge in [-0.15, -0.1) is 5.10 Å². The predicted octanol–water partition coefficient (Wildman–Crippen LogP) is 1.43. The van der Waals surface area contributed by atoms with Crippen molar-refractivity contribution < 1.29 is 0 Å². The van der Waals surface area contributed by atoms with Crippen LogP contribution in [0.2, 0.25) is 0 Å². The minimum Gasteiger partial charge on any atom is -0.399 e. The average Bonchev–Trinajstić information content (AvgIpc) is 2.73. The van der Waals surface area contributed by atoms with Crippen LogP contribution < -0.4 is 11.4 Å². The van der Waals surface area contributed by atoms with Gasteiger partial charge in [-0.05, 0) is 36.2 Å². The number of anilines is 1. The van der Waals surface area contributed by atoms with Crippen LogP contribution in [0.25, 0.3) is 5.65 Å². The van der Waals surface area contributed by atoms with E-state index in [1.54, 1.807) is 6.20 Å². The first-order chi connectivity index (χ1) is 9.16. The first-order valence-electron chi connectivity index (χ1n) is 6.05. The van der Waals surface area contributed by atoms with Crippen LogP contribution in [-0.2, 0) is 6.54 Å². The van der Waals surface area contributed by atoms with Crippen molar-refractivity contribution in [1.82, 2.24) is 14.2 Å². The zero-order chi connectivity index (χ0) is 13.4. The summed E-state index contributed by atoms with van der Waals surface area (Å²) < 4.78 is 2.98. The Hall–Kier alpha value is -2.56. The second-order valence-electron chi connectivity index (χ2n) is 4.50. The third-order valence-corrected chi connectivity index (χ3v) is 3.30. The van der Waals surface area contributed by atoms with Crippen LogP contribution in [0.15, 0.2) is 47.4 Å². The summed E-state index contributed by atoms with van der Waals surface area (Å²) in [7, 11) is 0. The van der Waals surface area contributed by atoms with Gasteiger partial charge < -0.3 is 5.73 Å². The lowest BCUT2D eigenvalue weighted by Gasteiger charge is -2.07. The zero-order valence-electron chi connectivity index (χ0n) is 10.6. The molecule has 3 aromatic rings. The molecular formula is C14H14N4O. The highest BCUT2D eigenvalue weighted by Crippen LogP contribution is 2.15. The maximum atomic E-state index is 12.2. The summed E-state index contributed by atoms with van der Waals surface area (Å²) in [5.74, 6) is 0. The Morgan fingerprint density at radius 2 is 2.05 bits per heavy atom. The molecule has 0 saturated carbocycles. The lowest BCUT2D eigenvalue weighted by molar-refractivity contribution is 0.656. The molecule has 0 unspecified atom stereocenters. The first-order valence-corrected chi connectivity index (χ1v) is 6.05. The smallest absolute Gasteiger partial charge is 0.350 e. The van der Waals surface area contributed by atoms with Gasteiger partial charge in [-0.1, -0.05) is 18.2 Å². The molecule has 2 N–H and O–H groups in total. The SMILES string of the molecule is Cc1c(N)cccc1Cn1nc2ccccn2c1=O. The van der Waals surface area contributed by atoms with Crippen molar-refractivity contribution in [3.63, 3.8) is 0 Å². The van der Waals surface area contributed by atoms with Gasteiger partial charge in [0.05, 0.1) is 6.54 Å². The maximum Gasteiger partial charge on any atom is 0.350 e. The number of nitrogens with two attached hydrogens (primary N) is 1. The highest BCUT2D eigenvalue weighted by molar-refractivity contribution is 5.50. The van der Waals surface area contributed by atoms with E-state index < -0.39 is 0 Å². The van der Waals surface area contributed by atoms with Crippen molar-refractivity contribution in [3.8, 4) is 0 Å². The molecule has 0 radical (unpaired) electrons. The first kappa shape index (κ1) is 11.5. The molecule has 1 aromatic carbocycles. The average molecular weight is 254 g/mol. The molecule has 0 aliphatic heterocycles. The largest absolute Gasteiger partial charge is 0.399 e. The zero-order valence-corrected chi connectivity index (χ0v) is 10.6. The third-order valence-electron chi connectivity index (χ3n) is 3.30. The van der Waals surface area contributed by atoms with Gasteiger partial charge in [0.25, 0.3) is 0 Å². The van der Waals surface area contributed by atoms with Crippen molar-refractivity contribution >= 4 is 11.3 Å². The standard InChI is InChI=1S/C14H14N4O/c1-10-11(5-4-6-12(10)15)9-18-14(19)17-8-3-2-7-13(17)16-18/h2-8H,9,15H2,1H3. The number of benzene rings is 1. The van der Waals surface area contributed by atoms with Crippen molar-refractivity contribution in [2.75, 3.05) is 5.73 Å². The summed E-state index contributed by atoms with van der Waals surface area (Å²) >= 11 is 0. The summed E-state index contributed by atoms with van der Waals surface area (Å²) in [6.07, 6.45) is 1.72. The molecule has 96 valence electrons. The molecule has 0 fully saturated rings. The molecule has 0 spiro atoms. The van der Waals surface area contributed by atoms with Gasteiger partial charge in [0, 0.05) is 11.9 Å². The minimum atomic E-state index is -0.141. The second kappa shape index (κ2) is 4.28. The molecule has 0 bridgehead atoms. The van der Waals surface area contributed by atoms with E-state index in [4.69, 9.17) is 5.73 Å². The predicted molar refractivity (Wildman–Crippen MR) is 74.1 cm³/mol. The molecule has 0 aliphatic carbocycles. The Balaban J connectivity index is 2.09. The minimum absolute atomic E-state index is 0.141. The number of nitrogens with zero attached hydrogens (tertiary/aromatic N) is 3. The van der Waals surface area contributed by atoms with Crippen LogP contribution >= 0.6 is 0 Å². The Bertz CT molecular complexity index is 801. The fourth-order valence-corrected chi connectivity index (χ4v) is 2.11. The molecule has 0 atom stereocenters. The van der Waals surface area contributed by atoms with E-state index in [1.807, 2.05) is 43.3 Å². The summed E-state index contributed by atoms with van der Waals surface area (Å²) in [6.45, 7) is 2.38. The van der Waals surface area contributed by atoms with Crippen LogP contribution in [0.3, 0.4) is 0 Å². The van der Waals surface area contributed by atoms with Gasteiger partial charge >= 0.3 is 5.69 Å². The molecule has 5 heteroatoms. The third kappa shape index (κ3) is 1.89. The number of hydrogen-bond donors (Lipinski definition) is 1. The quantitative estimate of drug-likeness (QED) is 0.704. The lowest BCUT2D eigenvalue weighted by atomic mass is 10.1. The lowest BCUT2D eigenvalue weighted by Crippen LogP contribution is -2.22. The summed E-state index contributed by atoms with van der Waals surface area (Å²) in [4.78, 5) is 12.2. The number of pyridine rings is 1. The number of rotatable bonds is 2. The van der Waals surface area contributed by atoms with E-state index in [0.29, 0.717) is 12.2 Å². The number of nitrogen functional groups attached to an aromatic ring is 1. The number of fused-ring (bicyclic) bond motifs is 1. The fourth-order valence-electron chi connectivity index (χ4n) is 2.11. The van der Waals surface area contributed by atoms with Crippen molar-refractivity contribution in [2.45, 2.75) is 13.5 Å².